The van der Waals surface area contributed by atoms with E-state index in [0.29, 0.717) is 5.56 Å². The Hall–Kier alpha value is -3.01. The summed E-state index contributed by atoms with van der Waals surface area (Å²) in [6.45, 7) is 1.37. The summed E-state index contributed by atoms with van der Waals surface area (Å²) in [7, 11) is 0. The summed E-state index contributed by atoms with van der Waals surface area (Å²) in [5.74, 6) is -1.43. The van der Waals surface area contributed by atoms with Crippen LogP contribution in [0.25, 0.3) is 0 Å². The average molecular weight is 286 g/mol. The molecule has 1 amide bonds. The van der Waals surface area contributed by atoms with Gasteiger partial charge in [0.1, 0.15) is 6.61 Å². The minimum absolute atomic E-state index is 0.0671. The summed E-state index contributed by atoms with van der Waals surface area (Å²) in [5, 5.41) is 11.0. The second-order valence-electron chi connectivity index (χ2n) is 4.13. The van der Waals surface area contributed by atoms with Crippen LogP contribution in [0.4, 0.5) is 10.2 Å². The lowest BCUT2D eigenvalue weighted by molar-refractivity contribution is -0.114. The molecule has 0 fully saturated rings. The van der Waals surface area contributed by atoms with Gasteiger partial charge < -0.3 is 10.1 Å². The Labute approximate surface area is 120 Å². The molecule has 21 heavy (non-hydrogen) atoms. The fourth-order valence-electron chi connectivity index (χ4n) is 1.55. The van der Waals surface area contributed by atoms with Gasteiger partial charge in [-0.2, -0.15) is 10.2 Å². The number of nitriles is 1. The maximum Gasteiger partial charge on any atom is 0.318 e. The van der Waals surface area contributed by atoms with Crippen molar-refractivity contribution < 1.29 is 13.9 Å². The molecule has 0 saturated carbocycles. The highest BCUT2D eigenvalue weighted by atomic mass is 19.1. The minimum atomic E-state index is -0.746. The lowest BCUT2D eigenvalue weighted by Gasteiger charge is -2.07. The van der Waals surface area contributed by atoms with Gasteiger partial charge in [0.05, 0.1) is 17.8 Å². The molecular weight excluding hydrogens is 275 g/mol. The van der Waals surface area contributed by atoms with Crippen LogP contribution in [-0.2, 0) is 11.4 Å². The quantitative estimate of drug-likeness (QED) is 0.929. The zero-order valence-corrected chi connectivity index (χ0v) is 11.1. The van der Waals surface area contributed by atoms with Crippen molar-refractivity contribution in [2.24, 2.45) is 0 Å². The van der Waals surface area contributed by atoms with Crippen LogP contribution in [-0.4, -0.2) is 15.9 Å². The van der Waals surface area contributed by atoms with Gasteiger partial charge in [-0.1, -0.05) is 12.1 Å². The van der Waals surface area contributed by atoms with Crippen LogP contribution in [0.3, 0.4) is 0 Å². The van der Waals surface area contributed by atoms with Gasteiger partial charge in [0.15, 0.2) is 11.6 Å². The second-order valence-corrected chi connectivity index (χ2v) is 4.13. The number of amides is 1. The predicted molar refractivity (Wildman–Crippen MR) is 71.8 cm³/mol. The molecule has 2 rings (SSSR count). The Kier molecular flexibility index (Phi) is 4.41. The SMILES string of the molecule is CC(=O)Nc1nc(OCc2cccc(C#N)c2)ncc1F. The van der Waals surface area contributed by atoms with E-state index in [9.17, 15) is 9.18 Å². The third-order valence-corrected chi connectivity index (χ3v) is 2.44. The van der Waals surface area contributed by atoms with E-state index in [0.717, 1.165) is 11.8 Å². The van der Waals surface area contributed by atoms with E-state index in [1.807, 2.05) is 6.07 Å². The number of hydrogen-bond donors (Lipinski definition) is 1. The number of rotatable bonds is 4. The summed E-state index contributed by atoms with van der Waals surface area (Å²) in [6, 6.07) is 8.80. The van der Waals surface area contributed by atoms with Crippen LogP contribution in [0.15, 0.2) is 30.5 Å². The van der Waals surface area contributed by atoms with Crippen LogP contribution in [0, 0.1) is 17.1 Å². The van der Waals surface area contributed by atoms with Crippen LogP contribution < -0.4 is 10.1 Å². The van der Waals surface area contributed by atoms with Crippen molar-refractivity contribution >= 4 is 11.7 Å². The Morgan fingerprint density at radius 2 is 2.33 bits per heavy atom. The van der Waals surface area contributed by atoms with Gasteiger partial charge in [0.2, 0.25) is 5.91 Å². The number of nitrogens with one attached hydrogen (secondary N) is 1. The van der Waals surface area contributed by atoms with E-state index in [4.69, 9.17) is 10.00 Å². The molecule has 0 bridgehead atoms. The number of ether oxygens (including phenoxy) is 1. The van der Waals surface area contributed by atoms with Crippen molar-refractivity contribution in [2.75, 3.05) is 5.32 Å². The third-order valence-electron chi connectivity index (χ3n) is 2.44. The normalized spacial score (nSPS) is 9.76. The van der Waals surface area contributed by atoms with Crippen molar-refractivity contribution in [2.45, 2.75) is 13.5 Å². The second kappa shape index (κ2) is 6.43. The lowest BCUT2D eigenvalue weighted by Crippen LogP contribution is -2.11. The van der Waals surface area contributed by atoms with Crippen molar-refractivity contribution in [3.63, 3.8) is 0 Å². The number of benzene rings is 1. The first kappa shape index (κ1) is 14.4. The highest BCUT2D eigenvalue weighted by molar-refractivity contribution is 5.87. The highest BCUT2D eigenvalue weighted by Gasteiger charge is 2.09. The first-order valence-electron chi connectivity index (χ1n) is 6.00. The summed E-state index contributed by atoms with van der Waals surface area (Å²) < 4.78 is 18.7. The summed E-state index contributed by atoms with van der Waals surface area (Å²) in [4.78, 5) is 18.4. The standard InChI is InChI=1S/C14H11FN4O2/c1-9(20)18-13-12(15)7-17-14(19-13)21-8-11-4-2-3-10(5-11)6-16/h2-5,7H,8H2,1H3,(H,17,18,19,20). The fraction of sp³-hybridized carbons (Fsp3) is 0.143. The van der Waals surface area contributed by atoms with Crippen molar-refractivity contribution in [3.05, 3.63) is 47.4 Å². The average Bonchev–Trinajstić information content (AvgIpc) is 2.48. The number of carbonyl (C=O) groups excluding carboxylic acids is 1. The molecule has 1 aromatic carbocycles. The lowest BCUT2D eigenvalue weighted by atomic mass is 10.1. The van der Waals surface area contributed by atoms with Gasteiger partial charge in [-0.05, 0) is 17.7 Å². The topological polar surface area (TPSA) is 87.9 Å². The molecule has 0 saturated heterocycles. The molecule has 106 valence electrons. The molecule has 0 radical (unpaired) electrons. The van der Waals surface area contributed by atoms with Gasteiger partial charge >= 0.3 is 6.01 Å². The monoisotopic (exact) mass is 286 g/mol. The molecule has 0 aliphatic carbocycles. The van der Waals surface area contributed by atoms with Gasteiger partial charge in [-0.25, -0.2) is 9.37 Å². The third kappa shape index (κ3) is 3.98. The van der Waals surface area contributed by atoms with Gasteiger partial charge in [0, 0.05) is 6.92 Å². The van der Waals surface area contributed by atoms with E-state index in [1.165, 1.54) is 6.92 Å². The molecule has 1 aromatic heterocycles. The van der Waals surface area contributed by atoms with E-state index in [-0.39, 0.29) is 18.4 Å². The molecule has 0 aliphatic heterocycles. The number of carbonyl (C=O) groups is 1. The first-order valence-corrected chi connectivity index (χ1v) is 6.00. The molecule has 0 aliphatic rings. The number of aromatic nitrogens is 2. The smallest absolute Gasteiger partial charge is 0.318 e. The Morgan fingerprint density at radius 1 is 1.52 bits per heavy atom. The van der Waals surface area contributed by atoms with Gasteiger partial charge in [0.25, 0.3) is 0 Å². The van der Waals surface area contributed by atoms with Crippen molar-refractivity contribution in [1.82, 2.24) is 9.97 Å². The van der Waals surface area contributed by atoms with E-state index in [2.05, 4.69) is 15.3 Å². The molecule has 1 N–H and O–H groups in total. The number of nitrogens with zero attached hydrogens (tertiary/aromatic N) is 3. The maximum atomic E-state index is 13.4. The van der Waals surface area contributed by atoms with Crippen molar-refractivity contribution in [3.8, 4) is 12.1 Å². The molecule has 7 heteroatoms. The van der Waals surface area contributed by atoms with Crippen LogP contribution in [0.1, 0.15) is 18.1 Å². The Bertz CT molecular complexity index is 712. The number of halogens is 1. The largest absolute Gasteiger partial charge is 0.459 e. The summed E-state index contributed by atoms with van der Waals surface area (Å²) in [6.07, 6.45) is 0.916. The van der Waals surface area contributed by atoms with Gasteiger partial charge in [-0.3, -0.25) is 4.79 Å². The van der Waals surface area contributed by atoms with Crippen LogP contribution in [0.2, 0.25) is 0 Å². The molecule has 6 nitrogen and oxygen atoms in total. The van der Waals surface area contributed by atoms with E-state index >= 15 is 0 Å². The maximum absolute atomic E-state index is 13.4. The summed E-state index contributed by atoms with van der Waals surface area (Å²) in [5.41, 5.74) is 1.26. The zero-order valence-electron chi connectivity index (χ0n) is 11.1. The zero-order chi connectivity index (χ0) is 15.2. The number of hydrogen-bond acceptors (Lipinski definition) is 5. The Morgan fingerprint density at radius 3 is 3.05 bits per heavy atom. The van der Waals surface area contributed by atoms with E-state index in [1.54, 1.807) is 24.3 Å². The van der Waals surface area contributed by atoms with E-state index < -0.39 is 11.7 Å². The predicted octanol–water partition coefficient (Wildman–Crippen LogP) is 2.02. The van der Waals surface area contributed by atoms with Crippen LogP contribution >= 0.6 is 0 Å². The fourth-order valence-corrected chi connectivity index (χ4v) is 1.55. The molecule has 0 spiro atoms. The van der Waals surface area contributed by atoms with Gasteiger partial charge in [-0.15, -0.1) is 0 Å². The molecule has 0 unspecified atom stereocenters. The summed E-state index contributed by atoms with van der Waals surface area (Å²) >= 11 is 0. The molecule has 1 heterocycles. The molecule has 0 atom stereocenters. The first-order chi connectivity index (χ1) is 10.1. The molecular formula is C14H11FN4O2. The highest BCUT2D eigenvalue weighted by Crippen LogP contribution is 2.14. The van der Waals surface area contributed by atoms with Crippen molar-refractivity contribution in [1.29, 1.82) is 5.26 Å². The molecule has 2 aromatic rings. The Balaban J connectivity index is 2.09. The van der Waals surface area contributed by atoms with Crippen LogP contribution in [0.5, 0.6) is 6.01 Å². The number of anilines is 1. The minimum Gasteiger partial charge on any atom is -0.459 e.